The number of rotatable bonds is 8. The van der Waals surface area contributed by atoms with Gasteiger partial charge in [0.1, 0.15) is 0 Å². The van der Waals surface area contributed by atoms with Crippen LogP contribution in [0.2, 0.25) is 0 Å². The maximum atomic E-state index is 8.70. The Morgan fingerprint density at radius 1 is 0.614 bits per heavy atom. The van der Waals surface area contributed by atoms with Crippen LogP contribution in [0, 0.1) is 22.8 Å². The molecular weight excluding hydrogens is 1040 g/mol. The van der Waals surface area contributed by atoms with E-state index in [9.17, 15) is 0 Å². The van der Waals surface area contributed by atoms with Crippen LogP contribution in [0.5, 0.6) is 11.5 Å². The fraction of sp³-hybridized carbons (Fsp3) is 0.156. The molecule has 346 valence electrons. The van der Waals surface area contributed by atoms with Crippen molar-refractivity contribution in [2.24, 2.45) is 0 Å². The van der Waals surface area contributed by atoms with E-state index in [1.54, 1.807) is 12.3 Å². The van der Waals surface area contributed by atoms with Crippen LogP contribution in [-0.2, 0) is 31.2 Å². The molecule has 12 rings (SSSR count). The summed E-state index contributed by atoms with van der Waals surface area (Å²) in [5.41, 5.74) is 14.9. The van der Waals surface area contributed by atoms with Crippen molar-refractivity contribution in [3.05, 3.63) is 226 Å². The summed E-state index contributed by atoms with van der Waals surface area (Å²) in [4.78, 5) is 4.98. The first-order valence-corrected chi connectivity index (χ1v) is 25.3. The second kappa shape index (κ2) is 17.9. The molecule has 1 aliphatic rings. The van der Waals surface area contributed by atoms with Crippen LogP contribution in [0.3, 0.4) is 0 Å². The molecule has 11 aromatic rings. The summed E-state index contributed by atoms with van der Waals surface area (Å²) in [7, 11) is 0. The molecule has 5 nitrogen and oxygen atoms in total. The second-order valence-corrected chi connectivity index (χ2v) is 20.4. The number of hydrogen-bond acceptors (Lipinski definition) is 2. The normalized spacial score (nSPS) is 14.8. The van der Waals surface area contributed by atoms with Crippen LogP contribution in [0.1, 0.15) is 72.4 Å². The van der Waals surface area contributed by atoms with Crippen molar-refractivity contribution in [1.82, 2.24) is 18.7 Å². The van der Waals surface area contributed by atoms with Crippen LogP contribution < -0.4 is 4.74 Å². The van der Waals surface area contributed by atoms with Gasteiger partial charge in [-0.15, -0.1) is 0 Å². The van der Waals surface area contributed by atoms with E-state index in [2.05, 4.69) is 195 Å². The first-order chi connectivity index (χ1) is 35.4. The summed E-state index contributed by atoms with van der Waals surface area (Å²) in [5, 5.41) is 1.96. The van der Waals surface area contributed by atoms with E-state index in [0.29, 0.717) is 22.9 Å². The molecule has 0 saturated heterocycles. The van der Waals surface area contributed by atoms with Gasteiger partial charge in [-0.3, -0.25) is 0 Å². The van der Waals surface area contributed by atoms with Crippen molar-refractivity contribution >= 4 is 32.8 Å². The van der Waals surface area contributed by atoms with Gasteiger partial charge in [0.15, 0.2) is 0 Å². The van der Waals surface area contributed by atoms with E-state index in [4.69, 9.17) is 13.8 Å². The molecule has 1 atom stereocenters. The summed E-state index contributed by atoms with van der Waals surface area (Å²) >= 11 is 2.56. The molecule has 0 fully saturated rings. The molecule has 1 unspecified atom stereocenters. The predicted octanol–water partition coefficient (Wildman–Crippen LogP) is 16.3. The van der Waals surface area contributed by atoms with Crippen molar-refractivity contribution in [2.75, 3.05) is 0 Å². The summed E-state index contributed by atoms with van der Waals surface area (Å²) in [6.07, 6.45) is 5.75. The van der Waals surface area contributed by atoms with E-state index < -0.39 is 6.85 Å². The van der Waals surface area contributed by atoms with Gasteiger partial charge in [0, 0.05) is 15.9 Å². The van der Waals surface area contributed by atoms with Crippen molar-refractivity contribution in [1.29, 1.82) is 0 Å². The van der Waals surface area contributed by atoms with E-state index in [-0.39, 0.29) is 17.0 Å². The molecule has 3 heterocycles. The van der Waals surface area contributed by atoms with Crippen LogP contribution in [0.4, 0.5) is 0 Å². The van der Waals surface area contributed by atoms with Gasteiger partial charge in [0.05, 0.1) is 0 Å². The van der Waals surface area contributed by atoms with Gasteiger partial charge in [-0.25, -0.2) is 4.98 Å². The van der Waals surface area contributed by atoms with Gasteiger partial charge in [-0.1, -0.05) is 63.2 Å². The van der Waals surface area contributed by atoms with Crippen LogP contribution in [0.25, 0.3) is 77.7 Å². The average molecular weight is 1090 g/mol. The average Bonchev–Trinajstić information content (AvgIpc) is 3.80. The third-order valence-corrected chi connectivity index (χ3v) is 15.0. The number of fused-ring (bicyclic) bond motifs is 5. The van der Waals surface area contributed by atoms with Gasteiger partial charge in [0.2, 0.25) is 0 Å². The molecule has 0 aliphatic heterocycles. The van der Waals surface area contributed by atoms with E-state index in [1.165, 1.54) is 11.1 Å². The first-order valence-electron chi connectivity index (χ1n) is 25.6. The monoisotopic (exact) mass is 1090 g/mol. The van der Waals surface area contributed by atoms with Gasteiger partial charge >= 0.3 is 302 Å². The number of benzene rings is 8. The number of aryl methyl sites for hydroxylation is 2. The number of imidazole rings is 1. The molecular formula is C64H52N4OPt-2. The third-order valence-electron chi connectivity index (χ3n) is 14.0. The Kier molecular flexibility index (Phi) is 10.4. The number of para-hydroxylation sites is 4. The summed E-state index contributed by atoms with van der Waals surface area (Å²) in [5.74, 6) is 1.62. The molecule has 0 saturated carbocycles. The van der Waals surface area contributed by atoms with Crippen LogP contribution in [0.15, 0.2) is 188 Å². The fourth-order valence-electron chi connectivity index (χ4n) is 10.5. The van der Waals surface area contributed by atoms with E-state index in [1.807, 2.05) is 47.0 Å². The molecule has 0 spiro atoms. The minimum absolute atomic E-state index is 0.0179. The molecule has 70 heavy (non-hydrogen) atoms. The Labute approximate surface area is 424 Å². The fourth-order valence-corrected chi connectivity index (χ4v) is 11.7. The number of nitrogens with zero attached hydrogens (tertiary/aromatic N) is 4. The number of aromatic nitrogens is 4. The molecule has 0 bridgehead atoms. The molecule has 1 aliphatic carbocycles. The van der Waals surface area contributed by atoms with Gasteiger partial charge in [-0.05, 0) is 41.1 Å². The van der Waals surface area contributed by atoms with Crippen molar-refractivity contribution in [3.8, 4) is 56.4 Å². The third kappa shape index (κ3) is 7.78. The van der Waals surface area contributed by atoms with Crippen LogP contribution in [-0.4, -0.2) is 18.7 Å². The Morgan fingerprint density at radius 2 is 1.26 bits per heavy atom. The molecule has 6 heteroatoms. The molecule has 0 N–H and O–H groups in total. The van der Waals surface area contributed by atoms with Gasteiger partial charge < -0.3 is 0 Å². The smallest absolute Gasteiger partial charge is 0.238 e. The summed E-state index contributed by atoms with van der Waals surface area (Å²) in [6, 6.07) is 70.6. The maximum absolute atomic E-state index is 8.70. The first kappa shape index (κ1) is 40.5. The Balaban J connectivity index is 0.962. The number of hydrogen-bond donors (Lipinski definition) is 0. The van der Waals surface area contributed by atoms with Crippen molar-refractivity contribution in [2.45, 2.75) is 64.8 Å². The molecule has 0 radical (unpaired) electrons. The molecule has 8 aromatic carbocycles. The van der Waals surface area contributed by atoms with Crippen molar-refractivity contribution in [3.63, 3.8) is 0 Å². The Morgan fingerprint density at radius 3 is 1.97 bits per heavy atom. The van der Waals surface area contributed by atoms with E-state index in [0.717, 1.165) is 101 Å². The zero-order chi connectivity index (χ0) is 50.0. The quantitative estimate of drug-likeness (QED) is 0.112. The topological polar surface area (TPSA) is 36.9 Å². The predicted molar refractivity (Wildman–Crippen MR) is 283 cm³/mol. The summed E-state index contributed by atoms with van der Waals surface area (Å²) in [6.45, 7) is 4.11. The van der Waals surface area contributed by atoms with Gasteiger partial charge in [-0.2, -0.15) is 0 Å². The SMILES string of the molecule is [2H]C([2H])([2H])c1cc(-n2c3[c-]c(Oc4[c-]c5c(cc4)CCCCC5n4[c](=[Pt])n(-c5c(-c6ccccc6)cccc5-c5ccccc5)c5ccccc54)ccc3c3ccccc32)ncc1-c1ccc(C(C)(C)C)cc1. The molecule has 0 amide bonds. The van der Waals surface area contributed by atoms with Crippen LogP contribution >= 0.6 is 0 Å². The minimum Gasteiger partial charge on any atom is -0.238 e. The standard InChI is InChI=1S/C64H52N4O.Pt/c1-43-38-62(65-41-56(43)47-30-33-48(34-31-47)64(2,3)4)68-58-27-14-12-23-53(58)54-37-36-50(40-61(54)68)69-49-35-32-46-22-11-13-26-57(55(46)39-49)66-42-67(60-29-16-15-28-59(60)66)63-51(44-18-7-5-8-19-44)24-17-25-52(63)45-20-9-6-10-21-45;/h5-10,12,14-21,23-25,27-38,41,57H,11,13,22,26H2,1-4H3;/q-2;/i1D3;. The molecule has 3 aromatic heterocycles. The van der Waals surface area contributed by atoms with Crippen molar-refractivity contribution < 1.29 is 28.2 Å². The zero-order valence-corrected chi connectivity index (χ0v) is 41.6. The van der Waals surface area contributed by atoms with Gasteiger partial charge in [0.25, 0.3) is 0 Å². The number of ether oxygens (including phenoxy) is 1. The Hall–Kier alpha value is -7.33. The van der Waals surface area contributed by atoms with E-state index >= 15 is 0 Å². The summed E-state index contributed by atoms with van der Waals surface area (Å²) < 4.78 is 41.0. The second-order valence-electron chi connectivity index (χ2n) is 19.3. The zero-order valence-electron chi connectivity index (χ0n) is 42.3. The minimum atomic E-state index is -2.39. The number of pyridine rings is 1. The Bertz CT molecular complexity index is 3880.